The Bertz CT molecular complexity index is 257. The molecule has 2 nitrogen and oxygen atoms in total. The molecule has 0 bridgehead atoms. The summed E-state index contributed by atoms with van der Waals surface area (Å²) in [6.07, 6.45) is 6.02. The largest absolute Gasteiger partial charge is 0.353 e. The summed E-state index contributed by atoms with van der Waals surface area (Å²) < 4.78 is 0. The zero-order chi connectivity index (χ0) is 11.7. The Kier molecular flexibility index (Phi) is 3.56. The third-order valence-electron chi connectivity index (χ3n) is 4.30. The Labute approximate surface area is 99.2 Å². The van der Waals surface area contributed by atoms with Crippen molar-refractivity contribution in [3.8, 4) is 0 Å². The molecule has 2 rings (SSSR count). The van der Waals surface area contributed by atoms with Crippen LogP contribution in [0.25, 0.3) is 0 Å². The molecule has 2 aliphatic carbocycles. The third-order valence-corrected chi connectivity index (χ3v) is 4.30. The zero-order valence-corrected chi connectivity index (χ0v) is 10.8. The van der Waals surface area contributed by atoms with Crippen LogP contribution < -0.4 is 5.32 Å². The first-order valence-corrected chi connectivity index (χ1v) is 6.88. The number of hydrogen-bond acceptors (Lipinski definition) is 1. The van der Waals surface area contributed by atoms with E-state index in [1.807, 2.05) is 0 Å². The van der Waals surface area contributed by atoms with Crippen molar-refractivity contribution < 1.29 is 4.79 Å². The van der Waals surface area contributed by atoms with Gasteiger partial charge >= 0.3 is 0 Å². The smallest absolute Gasteiger partial charge is 0.223 e. The van der Waals surface area contributed by atoms with Crippen LogP contribution in [0.2, 0.25) is 0 Å². The molecule has 16 heavy (non-hydrogen) atoms. The Morgan fingerprint density at radius 3 is 2.44 bits per heavy atom. The maximum Gasteiger partial charge on any atom is 0.223 e. The second kappa shape index (κ2) is 4.77. The van der Waals surface area contributed by atoms with E-state index in [1.165, 1.54) is 19.3 Å². The van der Waals surface area contributed by atoms with Gasteiger partial charge in [0.1, 0.15) is 0 Å². The molecular formula is C14H25NO. The zero-order valence-electron chi connectivity index (χ0n) is 10.8. The topological polar surface area (TPSA) is 29.1 Å². The molecule has 0 aromatic carbocycles. The van der Waals surface area contributed by atoms with Crippen LogP contribution in [-0.2, 0) is 4.79 Å². The lowest BCUT2D eigenvalue weighted by Crippen LogP contribution is -2.46. The second-order valence-electron chi connectivity index (χ2n) is 6.22. The van der Waals surface area contributed by atoms with Crippen LogP contribution in [0, 0.1) is 23.7 Å². The molecule has 2 aliphatic rings. The first-order chi connectivity index (χ1) is 7.58. The quantitative estimate of drug-likeness (QED) is 0.783. The number of hydrogen-bond donors (Lipinski definition) is 1. The summed E-state index contributed by atoms with van der Waals surface area (Å²) in [6.45, 7) is 6.89. The lowest BCUT2D eigenvalue weighted by Gasteiger charge is -2.37. The summed E-state index contributed by atoms with van der Waals surface area (Å²) in [4.78, 5) is 11.8. The second-order valence-corrected chi connectivity index (χ2v) is 6.22. The van der Waals surface area contributed by atoms with E-state index in [0.717, 1.165) is 18.8 Å². The summed E-state index contributed by atoms with van der Waals surface area (Å²) in [6, 6.07) is 0.442. The van der Waals surface area contributed by atoms with Crippen molar-refractivity contribution in [2.45, 2.75) is 58.9 Å². The lowest BCUT2D eigenvalue weighted by atomic mass is 9.74. The number of carbonyl (C=O) groups excluding carboxylic acids is 1. The maximum absolute atomic E-state index is 11.8. The molecule has 0 aromatic heterocycles. The van der Waals surface area contributed by atoms with Crippen LogP contribution in [0.5, 0.6) is 0 Å². The fraction of sp³-hybridized carbons (Fsp3) is 0.929. The molecule has 0 heterocycles. The molecular weight excluding hydrogens is 198 g/mol. The third kappa shape index (κ3) is 2.78. The molecule has 1 N–H and O–H groups in total. The van der Waals surface area contributed by atoms with E-state index in [-0.39, 0.29) is 0 Å². The molecule has 0 aliphatic heterocycles. The van der Waals surface area contributed by atoms with Gasteiger partial charge in [0.15, 0.2) is 0 Å². The highest BCUT2D eigenvalue weighted by Crippen LogP contribution is 2.35. The number of carbonyl (C=O) groups is 1. The molecule has 2 fully saturated rings. The highest BCUT2D eigenvalue weighted by molar-refractivity contribution is 5.81. The molecule has 2 heteroatoms. The van der Waals surface area contributed by atoms with Crippen molar-refractivity contribution >= 4 is 5.91 Å². The lowest BCUT2D eigenvalue weighted by molar-refractivity contribution is -0.123. The van der Waals surface area contributed by atoms with Crippen molar-refractivity contribution in [3.05, 3.63) is 0 Å². The highest BCUT2D eigenvalue weighted by atomic mass is 16.2. The van der Waals surface area contributed by atoms with E-state index >= 15 is 0 Å². The van der Waals surface area contributed by atoms with E-state index in [9.17, 15) is 4.79 Å². The summed E-state index contributed by atoms with van der Waals surface area (Å²) in [5, 5.41) is 3.30. The average molecular weight is 223 g/mol. The van der Waals surface area contributed by atoms with Crippen molar-refractivity contribution in [2.24, 2.45) is 23.7 Å². The maximum atomic E-state index is 11.8. The predicted molar refractivity (Wildman–Crippen MR) is 66.0 cm³/mol. The molecule has 3 atom stereocenters. The van der Waals surface area contributed by atoms with Crippen molar-refractivity contribution in [3.63, 3.8) is 0 Å². The van der Waals surface area contributed by atoms with Crippen molar-refractivity contribution in [1.29, 1.82) is 0 Å². The monoisotopic (exact) mass is 223 g/mol. The van der Waals surface area contributed by atoms with E-state index in [4.69, 9.17) is 0 Å². The molecule has 1 amide bonds. The van der Waals surface area contributed by atoms with Crippen molar-refractivity contribution in [2.75, 3.05) is 0 Å². The Hall–Kier alpha value is -0.530. The Morgan fingerprint density at radius 1 is 1.19 bits per heavy atom. The van der Waals surface area contributed by atoms with Gasteiger partial charge in [0.25, 0.3) is 0 Å². The van der Waals surface area contributed by atoms with Gasteiger partial charge < -0.3 is 5.32 Å². The highest BCUT2D eigenvalue weighted by Gasteiger charge is 2.35. The van der Waals surface area contributed by atoms with Crippen LogP contribution in [0.15, 0.2) is 0 Å². The van der Waals surface area contributed by atoms with E-state index < -0.39 is 0 Å². The number of amides is 1. The minimum absolute atomic E-state index is 0.324. The van der Waals surface area contributed by atoms with Crippen LogP contribution in [0.1, 0.15) is 52.9 Å². The average Bonchev–Trinajstić information content (AvgIpc) is 2.99. The van der Waals surface area contributed by atoms with Crippen LogP contribution in [-0.4, -0.2) is 11.9 Å². The number of rotatable bonds is 3. The van der Waals surface area contributed by atoms with Gasteiger partial charge in [-0.15, -0.1) is 0 Å². The van der Waals surface area contributed by atoms with Gasteiger partial charge in [0.2, 0.25) is 5.91 Å². The minimum Gasteiger partial charge on any atom is -0.353 e. The summed E-state index contributed by atoms with van der Waals surface area (Å²) in [5.74, 6) is 2.84. The molecule has 0 radical (unpaired) electrons. The normalized spacial score (nSPS) is 35.1. The van der Waals surface area contributed by atoms with E-state index in [2.05, 4.69) is 26.1 Å². The fourth-order valence-electron chi connectivity index (χ4n) is 3.01. The SMILES string of the molecule is CC(C)[C@@H]1CC[C@H](C)C[C@@H]1NC(=O)C1CC1. The Balaban J connectivity index is 1.93. The van der Waals surface area contributed by atoms with Gasteiger partial charge in [-0.2, -0.15) is 0 Å². The van der Waals surface area contributed by atoms with Crippen LogP contribution >= 0.6 is 0 Å². The first kappa shape index (κ1) is 11.9. The fourth-order valence-corrected chi connectivity index (χ4v) is 3.01. The molecule has 0 unspecified atom stereocenters. The molecule has 2 saturated carbocycles. The van der Waals surface area contributed by atoms with Gasteiger partial charge in [-0.25, -0.2) is 0 Å². The van der Waals surface area contributed by atoms with Gasteiger partial charge in [-0.1, -0.05) is 27.2 Å². The minimum atomic E-state index is 0.324. The Morgan fingerprint density at radius 2 is 1.88 bits per heavy atom. The van der Waals surface area contributed by atoms with Crippen LogP contribution in [0.4, 0.5) is 0 Å². The molecule has 92 valence electrons. The summed E-state index contributed by atoms with van der Waals surface area (Å²) >= 11 is 0. The van der Waals surface area contributed by atoms with Crippen LogP contribution in [0.3, 0.4) is 0 Å². The van der Waals surface area contributed by atoms with Crippen molar-refractivity contribution in [1.82, 2.24) is 5.32 Å². The van der Waals surface area contributed by atoms with E-state index in [0.29, 0.717) is 29.7 Å². The standard InChI is InChI=1S/C14H25NO/c1-9(2)12-7-4-10(3)8-13(12)15-14(16)11-5-6-11/h9-13H,4-8H2,1-3H3,(H,15,16)/t10-,12-,13-/m0/s1. The molecule has 0 saturated heterocycles. The first-order valence-electron chi connectivity index (χ1n) is 6.88. The molecule has 0 spiro atoms. The van der Waals surface area contributed by atoms with Gasteiger partial charge in [0.05, 0.1) is 0 Å². The van der Waals surface area contributed by atoms with Gasteiger partial charge in [-0.3, -0.25) is 4.79 Å². The number of nitrogens with one attached hydrogen (secondary N) is 1. The van der Waals surface area contributed by atoms with Gasteiger partial charge in [-0.05, 0) is 43.4 Å². The summed E-state index contributed by atoms with van der Waals surface area (Å²) in [5.41, 5.74) is 0. The van der Waals surface area contributed by atoms with E-state index in [1.54, 1.807) is 0 Å². The predicted octanol–water partition coefficient (Wildman–Crippen LogP) is 2.97. The summed E-state index contributed by atoms with van der Waals surface area (Å²) in [7, 11) is 0. The van der Waals surface area contributed by atoms with Gasteiger partial charge in [0, 0.05) is 12.0 Å². The molecule has 0 aromatic rings.